The maximum Gasteiger partial charge on any atom is 0.163 e. The van der Waals surface area contributed by atoms with Crippen LogP contribution in [0.25, 0.3) is 0 Å². The van der Waals surface area contributed by atoms with E-state index in [0.29, 0.717) is 23.5 Å². The molecular weight excluding hydrogens is 324 g/mol. The molecule has 0 saturated carbocycles. The summed E-state index contributed by atoms with van der Waals surface area (Å²) in [5, 5.41) is 0. The van der Waals surface area contributed by atoms with Crippen LogP contribution in [0.1, 0.15) is 60.9 Å². The van der Waals surface area contributed by atoms with Gasteiger partial charge in [-0.2, -0.15) is 0 Å². The molecule has 0 aliphatic carbocycles. The first-order chi connectivity index (χ1) is 12.7. The number of Topliss-reactive ketones (excluding diaryl/α,β-unsaturated/α-hetero) is 1. The van der Waals surface area contributed by atoms with Gasteiger partial charge in [-0.15, -0.1) is 0 Å². The van der Waals surface area contributed by atoms with Gasteiger partial charge in [0.1, 0.15) is 0 Å². The molecule has 0 N–H and O–H groups in total. The normalized spacial score (nSPS) is 10.5. The molecule has 0 saturated heterocycles. The topological polar surface area (TPSA) is 35.5 Å². The van der Waals surface area contributed by atoms with Gasteiger partial charge in [-0.3, -0.25) is 4.79 Å². The van der Waals surface area contributed by atoms with Gasteiger partial charge in [-0.25, -0.2) is 0 Å². The zero-order chi connectivity index (χ0) is 18.6. The average Bonchev–Trinajstić information content (AvgIpc) is 2.70. The molecule has 0 bridgehead atoms. The molecule has 2 aromatic carbocycles. The third-order valence-corrected chi connectivity index (χ3v) is 4.67. The van der Waals surface area contributed by atoms with Crippen molar-refractivity contribution in [3.63, 3.8) is 0 Å². The molecule has 140 valence electrons. The second kappa shape index (κ2) is 11.3. The zero-order valence-corrected chi connectivity index (χ0v) is 16.0. The second-order valence-corrected chi connectivity index (χ2v) is 6.60. The van der Waals surface area contributed by atoms with E-state index in [0.717, 1.165) is 12.8 Å². The number of unbranched alkanes of at least 4 members (excludes halogenated alkanes) is 5. The highest BCUT2D eigenvalue weighted by Gasteiger charge is 2.10. The number of hydrogen-bond donors (Lipinski definition) is 0. The number of ether oxygens (including phenoxy) is 2. The summed E-state index contributed by atoms with van der Waals surface area (Å²) >= 11 is 0. The fourth-order valence-electron chi connectivity index (χ4n) is 3.12. The number of carbonyl (C=O) groups excluding carboxylic acids is 1. The third kappa shape index (κ3) is 6.55. The van der Waals surface area contributed by atoms with Crippen molar-refractivity contribution >= 4 is 5.78 Å². The molecule has 0 fully saturated rings. The maximum atomic E-state index is 12.3. The van der Waals surface area contributed by atoms with Crippen molar-refractivity contribution in [2.75, 3.05) is 14.2 Å². The highest BCUT2D eigenvalue weighted by Crippen LogP contribution is 2.28. The van der Waals surface area contributed by atoms with Crippen LogP contribution in [0.3, 0.4) is 0 Å². The van der Waals surface area contributed by atoms with Crippen molar-refractivity contribution in [3.8, 4) is 11.5 Å². The minimum absolute atomic E-state index is 0.176. The molecule has 3 nitrogen and oxygen atoms in total. The van der Waals surface area contributed by atoms with E-state index in [4.69, 9.17) is 9.47 Å². The van der Waals surface area contributed by atoms with Crippen LogP contribution >= 0.6 is 0 Å². The molecule has 3 heteroatoms. The minimum Gasteiger partial charge on any atom is -0.493 e. The molecule has 0 unspecified atom stereocenters. The number of ketones is 1. The van der Waals surface area contributed by atoms with Crippen molar-refractivity contribution in [1.82, 2.24) is 0 Å². The molecule has 2 aromatic rings. The summed E-state index contributed by atoms with van der Waals surface area (Å²) in [6.07, 6.45) is 8.78. The standard InChI is InChI=1S/C23H30O3/c1-25-22-17-16-20(18-23(22)26-2)21(24)15-11-6-4-3-5-8-12-19-13-9-7-10-14-19/h7,9-10,13-14,16-18H,3-6,8,11-12,15H2,1-2H3. The molecule has 2 rings (SSSR count). The smallest absolute Gasteiger partial charge is 0.163 e. The molecule has 0 radical (unpaired) electrons. The van der Waals surface area contributed by atoms with Gasteiger partial charge in [0.05, 0.1) is 14.2 Å². The Morgan fingerprint density at radius 3 is 2.12 bits per heavy atom. The largest absolute Gasteiger partial charge is 0.493 e. The van der Waals surface area contributed by atoms with E-state index in [1.807, 2.05) is 6.07 Å². The van der Waals surface area contributed by atoms with E-state index >= 15 is 0 Å². The second-order valence-electron chi connectivity index (χ2n) is 6.60. The Morgan fingerprint density at radius 2 is 1.42 bits per heavy atom. The lowest BCUT2D eigenvalue weighted by Crippen LogP contribution is -2.00. The minimum atomic E-state index is 0.176. The van der Waals surface area contributed by atoms with Crippen LogP contribution in [0.5, 0.6) is 11.5 Å². The summed E-state index contributed by atoms with van der Waals surface area (Å²) in [6, 6.07) is 16.0. The number of hydrogen-bond acceptors (Lipinski definition) is 3. The molecule has 0 atom stereocenters. The highest BCUT2D eigenvalue weighted by molar-refractivity contribution is 5.96. The molecule has 0 aromatic heterocycles. The average molecular weight is 354 g/mol. The van der Waals surface area contributed by atoms with E-state index in [-0.39, 0.29) is 5.78 Å². The van der Waals surface area contributed by atoms with Gasteiger partial charge in [-0.05, 0) is 43.0 Å². The Balaban J connectivity index is 1.58. The van der Waals surface area contributed by atoms with Crippen LogP contribution in [0.2, 0.25) is 0 Å². The number of benzene rings is 2. The molecular formula is C23H30O3. The van der Waals surface area contributed by atoms with Crippen LogP contribution in [0, 0.1) is 0 Å². The monoisotopic (exact) mass is 354 g/mol. The fourth-order valence-corrected chi connectivity index (χ4v) is 3.12. The predicted molar refractivity (Wildman–Crippen MR) is 106 cm³/mol. The van der Waals surface area contributed by atoms with E-state index < -0.39 is 0 Å². The molecule has 0 aliphatic heterocycles. The van der Waals surface area contributed by atoms with Gasteiger partial charge >= 0.3 is 0 Å². The van der Waals surface area contributed by atoms with Crippen molar-refractivity contribution < 1.29 is 14.3 Å². The summed E-state index contributed by atoms with van der Waals surface area (Å²) in [7, 11) is 3.18. The summed E-state index contributed by atoms with van der Waals surface area (Å²) in [5.41, 5.74) is 2.12. The maximum absolute atomic E-state index is 12.3. The third-order valence-electron chi connectivity index (χ3n) is 4.67. The lowest BCUT2D eigenvalue weighted by molar-refractivity contribution is 0.0978. The number of aryl methyl sites for hydroxylation is 1. The van der Waals surface area contributed by atoms with Crippen molar-refractivity contribution in [3.05, 3.63) is 59.7 Å². The van der Waals surface area contributed by atoms with Crippen molar-refractivity contribution in [1.29, 1.82) is 0 Å². The van der Waals surface area contributed by atoms with Gasteiger partial charge in [0.25, 0.3) is 0 Å². The van der Waals surface area contributed by atoms with Crippen LogP contribution in [0.4, 0.5) is 0 Å². The van der Waals surface area contributed by atoms with E-state index in [1.165, 1.54) is 37.7 Å². The molecule has 0 spiro atoms. The molecule has 0 heterocycles. The number of rotatable bonds is 12. The summed E-state index contributed by atoms with van der Waals surface area (Å²) in [5.74, 6) is 1.44. The van der Waals surface area contributed by atoms with Crippen LogP contribution in [-0.4, -0.2) is 20.0 Å². The van der Waals surface area contributed by atoms with Gasteiger partial charge in [0.2, 0.25) is 0 Å². The lowest BCUT2D eigenvalue weighted by Gasteiger charge is -2.09. The first kappa shape index (κ1) is 20.0. The van der Waals surface area contributed by atoms with Crippen molar-refractivity contribution in [2.45, 2.75) is 51.4 Å². The first-order valence-electron chi connectivity index (χ1n) is 9.53. The first-order valence-corrected chi connectivity index (χ1v) is 9.53. The van der Waals surface area contributed by atoms with E-state index in [9.17, 15) is 4.79 Å². The van der Waals surface area contributed by atoms with Crippen LogP contribution in [-0.2, 0) is 6.42 Å². The van der Waals surface area contributed by atoms with Gasteiger partial charge in [0, 0.05) is 12.0 Å². The Morgan fingerprint density at radius 1 is 0.769 bits per heavy atom. The molecule has 26 heavy (non-hydrogen) atoms. The SMILES string of the molecule is COc1ccc(C(=O)CCCCCCCCc2ccccc2)cc1OC. The van der Waals surface area contributed by atoms with Gasteiger partial charge in [0.15, 0.2) is 17.3 Å². The Bertz CT molecular complexity index is 664. The number of carbonyl (C=O) groups is 1. The molecule has 0 amide bonds. The number of methoxy groups -OCH3 is 2. The van der Waals surface area contributed by atoms with E-state index in [1.54, 1.807) is 26.4 Å². The Labute approximate surface area is 157 Å². The Kier molecular flexibility index (Phi) is 8.74. The Hall–Kier alpha value is -2.29. The predicted octanol–water partition coefficient (Wildman–Crippen LogP) is 5.86. The van der Waals surface area contributed by atoms with Crippen LogP contribution < -0.4 is 9.47 Å². The molecule has 0 aliphatic rings. The van der Waals surface area contributed by atoms with Crippen molar-refractivity contribution in [2.24, 2.45) is 0 Å². The zero-order valence-electron chi connectivity index (χ0n) is 16.0. The van der Waals surface area contributed by atoms with Crippen LogP contribution in [0.15, 0.2) is 48.5 Å². The highest BCUT2D eigenvalue weighted by atomic mass is 16.5. The summed E-state index contributed by atoms with van der Waals surface area (Å²) < 4.78 is 10.5. The summed E-state index contributed by atoms with van der Waals surface area (Å²) in [6.45, 7) is 0. The quantitative estimate of drug-likeness (QED) is 0.354. The van der Waals surface area contributed by atoms with Gasteiger partial charge < -0.3 is 9.47 Å². The van der Waals surface area contributed by atoms with E-state index in [2.05, 4.69) is 30.3 Å². The van der Waals surface area contributed by atoms with Gasteiger partial charge in [-0.1, -0.05) is 56.0 Å². The summed E-state index contributed by atoms with van der Waals surface area (Å²) in [4.78, 5) is 12.3. The fraction of sp³-hybridized carbons (Fsp3) is 0.435. The lowest BCUT2D eigenvalue weighted by atomic mass is 10.0.